The van der Waals surface area contributed by atoms with Crippen molar-refractivity contribution in [1.29, 1.82) is 0 Å². The van der Waals surface area contributed by atoms with Crippen LogP contribution in [0.1, 0.15) is 0 Å². The fraction of sp³-hybridized carbons (Fsp3) is 0.125. The molecular formula is C8H11NO4P+. The maximum absolute atomic E-state index is 10.3. The molecule has 0 aromatic carbocycles. The minimum Gasteiger partial charge on any atom is -0.412 e. The van der Waals surface area contributed by atoms with E-state index in [1.165, 1.54) is 6.08 Å². The summed E-state index contributed by atoms with van der Waals surface area (Å²) in [5.74, 6) is 0. The molecule has 6 heteroatoms. The lowest BCUT2D eigenvalue weighted by Crippen LogP contribution is -2.30. The monoisotopic (exact) mass is 216 g/mol. The fourth-order valence-electron chi connectivity index (χ4n) is 0.843. The van der Waals surface area contributed by atoms with Crippen molar-refractivity contribution in [3.63, 3.8) is 0 Å². The molecule has 0 saturated carbocycles. The molecule has 2 N–H and O–H groups in total. The van der Waals surface area contributed by atoms with Crippen molar-refractivity contribution in [2.24, 2.45) is 0 Å². The van der Waals surface area contributed by atoms with Gasteiger partial charge in [0.1, 0.15) is 0 Å². The standard InChI is InChI=1S/C8H10NO4P/c10-14(11,12)13-8-4-7-9-5-2-1-3-6-9/h1-6,8H,7H2,(H-,10,11,12)/p+1. The van der Waals surface area contributed by atoms with Gasteiger partial charge in [-0.1, -0.05) is 6.07 Å². The van der Waals surface area contributed by atoms with Gasteiger partial charge in [0, 0.05) is 18.2 Å². The van der Waals surface area contributed by atoms with Crippen LogP contribution in [0.5, 0.6) is 0 Å². The molecule has 0 spiro atoms. The zero-order valence-electron chi connectivity index (χ0n) is 7.35. The quantitative estimate of drug-likeness (QED) is 0.439. The molecule has 1 aromatic rings. The summed E-state index contributed by atoms with van der Waals surface area (Å²) in [4.78, 5) is 16.7. The number of pyridine rings is 1. The van der Waals surface area contributed by atoms with Gasteiger partial charge in [0.15, 0.2) is 18.9 Å². The van der Waals surface area contributed by atoms with Crippen molar-refractivity contribution < 1.29 is 23.4 Å². The van der Waals surface area contributed by atoms with E-state index in [4.69, 9.17) is 9.79 Å². The molecule has 0 aliphatic heterocycles. The first-order valence-electron chi connectivity index (χ1n) is 3.91. The van der Waals surface area contributed by atoms with Gasteiger partial charge in [-0.25, -0.2) is 9.13 Å². The minimum absolute atomic E-state index is 0.501. The third-order valence-electron chi connectivity index (χ3n) is 1.39. The van der Waals surface area contributed by atoms with E-state index in [9.17, 15) is 4.57 Å². The summed E-state index contributed by atoms with van der Waals surface area (Å²) in [5, 5.41) is 0. The number of rotatable bonds is 4. The molecule has 0 radical (unpaired) electrons. The highest BCUT2D eigenvalue weighted by Crippen LogP contribution is 2.35. The molecular weight excluding hydrogens is 205 g/mol. The van der Waals surface area contributed by atoms with Crippen LogP contribution in [0.25, 0.3) is 0 Å². The summed E-state index contributed by atoms with van der Waals surface area (Å²) in [5.41, 5.74) is 0. The zero-order chi connectivity index (χ0) is 10.4. The van der Waals surface area contributed by atoms with Gasteiger partial charge in [0.25, 0.3) is 0 Å². The number of hydrogen-bond acceptors (Lipinski definition) is 2. The van der Waals surface area contributed by atoms with Gasteiger partial charge < -0.3 is 4.52 Å². The third-order valence-corrected chi connectivity index (χ3v) is 1.78. The smallest absolute Gasteiger partial charge is 0.412 e. The average Bonchev–Trinajstić information content (AvgIpc) is 2.13. The van der Waals surface area contributed by atoms with E-state index in [0.717, 1.165) is 6.26 Å². The number of phosphoric acid groups is 1. The van der Waals surface area contributed by atoms with Crippen LogP contribution in [0.3, 0.4) is 0 Å². The number of allylic oxidation sites excluding steroid dienone is 1. The number of nitrogens with zero attached hydrogens (tertiary/aromatic N) is 1. The number of aromatic nitrogens is 1. The lowest BCUT2D eigenvalue weighted by atomic mass is 10.5. The molecule has 76 valence electrons. The first kappa shape index (κ1) is 10.9. The summed E-state index contributed by atoms with van der Waals surface area (Å²) in [6.45, 7) is 0.501. The van der Waals surface area contributed by atoms with Crippen molar-refractivity contribution in [3.8, 4) is 0 Å². The summed E-state index contributed by atoms with van der Waals surface area (Å²) >= 11 is 0. The Balaban J connectivity index is 2.38. The number of phosphoric ester groups is 1. The van der Waals surface area contributed by atoms with Crippen LogP contribution in [0.4, 0.5) is 0 Å². The Kier molecular flexibility index (Phi) is 3.83. The Labute approximate surface area is 81.5 Å². The van der Waals surface area contributed by atoms with Crippen LogP contribution in [0.15, 0.2) is 42.9 Å². The molecule has 14 heavy (non-hydrogen) atoms. The number of hydrogen-bond donors (Lipinski definition) is 2. The van der Waals surface area contributed by atoms with E-state index in [2.05, 4.69) is 4.52 Å². The predicted octanol–water partition coefficient (Wildman–Crippen LogP) is 0.597. The second-order valence-electron chi connectivity index (χ2n) is 2.54. The second kappa shape index (κ2) is 4.91. The second-order valence-corrected chi connectivity index (χ2v) is 3.73. The van der Waals surface area contributed by atoms with Crippen LogP contribution >= 0.6 is 7.82 Å². The van der Waals surface area contributed by atoms with Crippen molar-refractivity contribution in [2.45, 2.75) is 6.54 Å². The highest BCUT2D eigenvalue weighted by molar-refractivity contribution is 7.46. The third kappa shape index (κ3) is 4.77. The van der Waals surface area contributed by atoms with Gasteiger partial charge in [-0.15, -0.1) is 0 Å². The van der Waals surface area contributed by atoms with Crippen molar-refractivity contribution in [1.82, 2.24) is 0 Å². The fourth-order valence-corrected chi connectivity index (χ4v) is 1.09. The molecule has 0 bridgehead atoms. The maximum atomic E-state index is 10.3. The SMILES string of the molecule is O=P(O)(O)OC=CC[n+]1ccccc1. The van der Waals surface area contributed by atoms with E-state index in [1.54, 1.807) is 0 Å². The first-order valence-corrected chi connectivity index (χ1v) is 5.44. The van der Waals surface area contributed by atoms with Crippen LogP contribution in [0, 0.1) is 0 Å². The molecule has 5 nitrogen and oxygen atoms in total. The lowest BCUT2D eigenvalue weighted by molar-refractivity contribution is -0.687. The van der Waals surface area contributed by atoms with Crippen LogP contribution in [-0.2, 0) is 15.6 Å². The van der Waals surface area contributed by atoms with E-state index in [-0.39, 0.29) is 0 Å². The van der Waals surface area contributed by atoms with E-state index in [0.29, 0.717) is 6.54 Å². The van der Waals surface area contributed by atoms with Crippen molar-refractivity contribution in [2.75, 3.05) is 0 Å². The maximum Gasteiger partial charge on any atom is 0.524 e. The molecule has 1 aromatic heterocycles. The molecule has 0 amide bonds. The van der Waals surface area contributed by atoms with E-state index < -0.39 is 7.82 Å². The van der Waals surface area contributed by atoms with Crippen molar-refractivity contribution in [3.05, 3.63) is 42.9 Å². The molecule has 0 fully saturated rings. The largest absolute Gasteiger partial charge is 0.524 e. The van der Waals surface area contributed by atoms with Gasteiger partial charge in [-0.2, -0.15) is 0 Å². The van der Waals surface area contributed by atoms with Gasteiger partial charge in [0.2, 0.25) is 0 Å². The topological polar surface area (TPSA) is 70.6 Å². The highest BCUT2D eigenvalue weighted by atomic mass is 31.2. The average molecular weight is 216 g/mol. The molecule has 0 aliphatic carbocycles. The zero-order valence-corrected chi connectivity index (χ0v) is 8.25. The summed E-state index contributed by atoms with van der Waals surface area (Å²) in [6.07, 6.45) is 6.18. The Bertz CT molecular complexity index is 346. The Hall–Kier alpha value is -1.16. The summed E-state index contributed by atoms with van der Waals surface area (Å²) < 4.78 is 16.2. The predicted molar refractivity (Wildman–Crippen MR) is 48.9 cm³/mol. The van der Waals surface area contributed by atoms with Gasteiger partial charge in [0.05, 0.1) is 6.26 Å². The van der Waals surface area contributed by atoms with Gasteiger partial charge >= 0.3 is 7.82 Å². The lowest BCUT2D eigenvalue weighted by Gasteiger charge is -1.98. The Morgan fingerprint density at radius 1 is 1.29 bits per heavy atom. The highest BCUT2D eigenvalue weighted by Gasteiger charge is 2.11. The summed E-state index contributed by atoms with van der Waals surface area (Å²) in [6, 6.07) is 5.60. The van der Waals surface area contributed by atoms with Crippen LogP contribution in [0.2, 0.25) is 0 Å². The first-order chi connectivity index (χ1) is 6.58. The summed E-state index contributed by atoms with van der Waals surface area (Å²) in [7, 11) is -4.38. The van der Waals surface area contributed by atoms with Crippen LogP contribution < -0.4 is 4.57 Å². The molecule has 0 atom stereocenters. The molecule has 1 heterocycles. The molecule has 1 rings (SSSR count). The minimum atomic E-state index is -4.38. The molecule has 0 aliphatic rings. The Morgan fingerprint density at radius 2 is 1.93 bits per heavy atom. The van der Waals surface area contributed by atoms with Crippen molar-refractivity contribution >= 4 is 7.82 Å². The normalized spacial score (nSPS) is 11.9. The van der Waals surface area contributed by atoms with E-state index in [1.807, 2.05) is 35.2 Å². The molecule has 0 saturated heterocycles. The molecule has 0 unspecified atom stereocenters. The van der Waals surface area contributed by atoms with E-state index >= 15 is 0 Å². The van der Waals surface area contributed by atoms with Gasteiger partial charge in [-0.05, 0) is 0 Å². The Morgan fingerprint density at radius 3 is 2.50 bits per heavy atom. The van der Waals surface area contributed by atoms with Crippen LogP contribution in [-0.4, -0.2) is 9.79 Å². The van der Waals surface area contributed by atoms with Gasteiger partial charge in [-0.3, -0.25) is 9.79 Å².